The molecule has 2 aromatic carbocycles. The molecular formula is C40H52O4. The van der Waals surface area contributed by atoms with Crippen molar-refractivity contribution in [2.24, 2.45) is 23.7 Å². The number of aliphatic carboxylic acids is 1. The molecule has 7 unspecified atom stereocenters. The summed E-state index contributed by atoms with van der Waals surface area (Å²) < 4.78 is 0. The molecule has 1 spiro atoms. The second-order valence-corrected chi connectivity index (χ2v) is 14.5. The van der Waals surface area contributed by atoms with Gasteiger partial charge in [0.1, 0.15) is 5.75 Å². The molecular weight excluding hydrogens is 544 g/mol. The average Bonchev–Trinajstić information content (AvgIpc) is 3.54. The summed E-state index contributed by atoms with van der Waals surface area (Å²) in [6.45, 7) is 0. The topological polar surface area (TPSA) is 77.8 Å². The van der Waals surface area contributed by atoms with Crippen LogP contribution < -0.4 is 0 Å². The largest absolute Gasteiger partial charge is 0.508 e. The lowest BCUT2D eigenvalue weighted by atomic mass is 9.51. The van der Waals surface area contributed by atoms with Gasteiger partial charge in [-0.25, -0.2) is 0 Å². The van der Waals surface area contributed by atoms with Crippen molar-refractivity contribution in [1.29, 1.82) is 0 Å². The number of aryl methyl sites for hydroxylation is 1. The van der Waals surface area contributed by atoms with Crippen LogP contribution in [0.15, 0.2) is 66.8 Å². The van der Waals surface area contributed by atoms with Crippen LogP contribution in [0.3, 0.4) is 0 Å². The Kier molecular flexibility index (Phi) is 9.95. The average molecular weight is 597 g/mol. The Bertz CT molecular complexity index is 1330. The van der Waals surface area contributed by atoms with Crippen molar-refractivity contribution < 1.29 is 20.1 Å². The molecule has 0 aliphatic heterocycles. The van der Waals surface area contributed by atoms with Gasteiger partial charge in [-0.05, 0) is 135 Å². The molecule has 0 heterocycles. The first-order valence-corrected chi connectivity index (χ1v) is 17.6. The molecule has 3 N–H and O–H groups in total. The number of hydrogen-bond donors (Lipinski definition) is 3. The van der Waals surface area contributed by atoms with Crippen LogP contribution in [0, 0.1) is 23.7 Å². The number of fused-ring (bicyclic) bond motifs is 1. The number of aromatic hydroxyl groups is 1. The quantitative estimate of drug-likeness (QED) is 0.199. The van der Waals surface area contributed by atoms with E-state index >= 15 is 0 Å². The van der Waals surface area contributed by atoms with Crippen LogP contribution in [0.1, 0.15) is 118 Å². The second-order valence-electron chi connectivity index (χ2n) is 14.5. The third-order valence-corrected chi connectivity index (χ3v) is 11.8. The van der Waals surface area contributed by atoms with Crippen molar-refractivity contribution in [3.8, 4) is 5.75 Å². The van der Waals surface area contributed by atoms with Gasteiger partial charge in [0, 0.05) is 5.41 Å². The van der Waals surface area contributed by atoms with Crippen LogP contribution >= 0.6 is 0 Å². The van der Waals surface area contributed by atoms with Crippen LogP contribution in [0.5, 0.6) is 5.75 Å². The normalized spacial score (nSPS) is 31.6. The summed E-state index contributed by atoms with van der Waals surface area (Å²) in [6, 6.07) is 14.8. The van der Waals surface area contributed by atoms with Gasteiger partial charge in [0.15, 0.2) is 0 Å². The Hall–Kier alpha value is -2.85. The highest BCUT2D eigenvalue weighted by atomic mass is 16.4. The summed E-state index contributed by atoms with van der Waals surface area (Å²) in [4.78, 5) is 13.0. The predicted molar refractivity (Wildman–Crippen MR) is 177 cm³/mol. The molecule has 0 radical (unpaired) electrons. The van der Waals surface area contributed by atoms with E-state index in [1.54, 1.807) is 0 Å². The van der Waals surface area contributed by atoms with E-state index in [4.69, 9.17) is 0 Å². The number of phenolic OH excluding ortho intramolecular Hbond substituents is 1. The van der Waals surface area contributed by atoms with Gasteiger partial charge in [-0.15, -0.1) is 0 Å². The van der Waals surface area contributed by atoms with Crippen molar-refractivity contribution in [3.05, 3.63) is 89.0 Å². The molecule has 236 valence electrons. The highest BCUT2D eigenvalue weighted by Crippen LogP contribution is 2.56. The third-order valence-electron chi connectivity index (χ3n) is 11.8. The maximum Gasteiger partial charge on any atom is 0.307 e. The minimum absolute atomic E-state index is 0.288. The summed E-state index contributed by atoms with van der Waals surface area (Å²) in [5.41, 5.74) is 4.48. The molecule has 0 saturated heterocycles. The molecule has 2 bridgehead atoms. The molecule has 4 nitrogen and oxygen atoms in total. The number of aliphatic hydroxyl groups excluding tert-OH is 1. The Morgan fingerprint density at radius 3 is 2.43 bits per heavy atom. The summed E-state index contributed by atoms with van der Waals surface area (Å²) in [7, 11) is 0. The molecule has 0 amide bonds. The van der Waals surface area contributed by atoms with E-state index in [1.165, 1.54) is 67.2 Å². The van der Waals surface area contributed by atoms with Crippen molar-refractivity contribution in [1.82, 2.24) is 0 Å². The zero-order valence-corrected chi connectivity index (χ0v) is 26.4. The fourth-order valence-electron chi connectivity index (χ4n) is 9.54. The molecule has 1 fully saturated rings. The number of carboxylic acids is 1. The van der Waals surface area contributed by atoms with Crippen LogP contribution in [-0.2, 0) is 23.1 Å². The first-order valence-electron chi connectivity index (χ1n) is 17.6. The first-order chi connectivity index (χ1) is 21.4. The number of phenols is 1. The monoisotopic (exact) mass is 596 g/mol. The van der Waals surface area contributed by atoms with E-state index in [2.05, 4.69) is 54.6 Å². The lowest BCUT2D eigenvalue weighted by Crippen LogP contribution is -2.53. The molecule has 44 heavy (non-hydrogen) atoms. The van der Waals surface area contributed by atoms with Gasteiger partial charge in [-0.3, -0.25) is 4.79 Å². The molecule has 7 atom stereocenters. The number of carboxylic acid groups (broad SMARTS) is 1. The van der Waals surface area contributed by atoms with Gasteiger partial charge >= 0.3 is 5.97 Å². The molecule has 6 rings (SSSR count). The number of unbranched alkanes of at least 4 members (excludes halogenated alkanes) is 3. The first kappa shape index (κ1) is 31.1. The second kappa shape index (κ2) is 14.1. The number of carbonyl (C=O) groups is 1. The molecule has 2 aromatic rings. The lowest BCUT2D eigenvalue weighted by Gasteiger charge is -2.53. The van der Waals surface area contributed by atoms with Gasteiger partial charge in [0.2, 0.25) is 0 Å². The number of allylic oxidation sites excluding steroid dienone is 4. The fraction of sp³-hybridized carbons (Fsp3) is 0.575. The number of rotatable bonds is 9. The van der Waals surface area contributed by atoms with Crippen LogP contribution in [0.25, 0.3) is 0 Å². The van der Waals surface area contributed by atoms with E-state index in [1.807, 2.05) is 12.1 Å². The van der Waals surface area contributed by atoms with E-state index < -0.39 is 23.4 Å². The van der Waals surface area contributed by atoms with Crippen molar-refractivity contribution in [2.75, 3.05) is 0 Å². The van der Waals surface area contributed by atoms with Gasteiger partial charge in [-0.2, -0.15) is 0 Å². The van der Waals surface area contributed by atoms with Gasteiger partial charge in [0.25, 0.3) is 0 Å². The zero-order valence-electron chi connectivity index (χ0n) is 26.4. The van der Waals surface area contributed by atoms with E-state index in [9.17, 15) is 20.1 Å². The van der Waals surface area contributed by atoms with Gasteiger partial charge in [-0.1, -0.05) is 80.3 Å². The molecule has 0 aromatic heterocycles. The molecule has 1 saturated carbocycles. The minimum atomic E-state index is -0.726. The van der Waals surface area contributed by atoms with Crippen molar-refractivity contribution in [3.63, 3.8) is 0 Å². The fourth-order valence-corrected chi connectivity index (χ4v) is 9.54. The standard InChI is InChI=1S/C40H52O4/c41-34-22-18-31(19-23-34)36-25-29-15-16-32-17-20-33-21-24-35(42)27-40(33,38(32)26-29)37(39(43)44)14-8-7-13-30(36)12-4-2-1-3-9-28-10-5-6-11-28/h5,7-8,10,15-16,18-19,22-23,26,28,30,33,35-37,41-42H,1-4,6,9,11-14,17,20-21,24-25,27H2,(H,43,44). The number of benzene rings is 2. The van der Waals surface area contributed by atoms with Crippen molar-refractivity contribution >= 4 is 5.97 Å². The van der Waals surface area contributed by atoms with E-state index in [0.29, 0.717) is 30.4 Å². The molecule has 4 aliphatic carbocycles. The summed E-state index contributed by atoms with van der Waals surface area (Å²) in [5, 5.41) is 31.8. The van der Waals surface area contributed by atoms with Gasteiger partial charge < -0.3 is 15.3 Å². The summed E-state index contributed by atoms with van der Waals surface area (Å²) >= 11 is 0. The third kappa shape index (κ3) is 6.71. The highest BCUT2D eigenvalue weighted by molar-refractivity contribution is 5.73. The summed E-state index contributed by atoms with van der Waals surface area (Å²) in [6.07, 6.45) is 25.3. The zero-order chi connectivity index (χ0) is 30.5. The smallest absolute Gasteiger partial charge is 0.307 e. The maximum atomic E-state index is 13.0. The van der Waals surface area contributed by atoms with Crippen molar-refractivity contribution in [2.45, 2.75) is 120 Å². The van der Waals surface area contributed by atoms with Crippen LogP contribution in [0.2, 0.25) is 0 Å². The Morgan fingerprint density at radius 1 is 0.864 bits per heavy atom. The Balaban J connectivity index is 1.30. The molecule has 4 heteroatoms. The minimum Gasteiger partial charge on any atom is -0.508 e. The molecule has 4 aliphatic rings. The number of aliphatic hydroxyl groups is 1. The Morgan fingerprint density at radius 2 is 1.66 bits per heavy atom. The number of hydrogen-bond acceptors (Lipinski definition) is 3. The van der Waals surface area contributed by atoms with E-state index in [0.717, 1.165) is 50.9 Å². The van der Waals surface area contributed by atoms with Crippen LogP contribution in [-0.4, -0.2) is 27.4 Å². The summed E-state index contributed by atoms with van der Waals surface area (Å²) in [5.74, 6) is 0.866. The van der Waals surface area contributed by atoms with Crippen LogP contribution in [0.4, 0.5) is 0 Å². The Labute approximate surface area is 264 Å². The lowest BCUT2D eigenvalue weighted by molar-refractivity contribution is -0.147. The highest BCUT2D eigenvalue weighted by Gasteiger charge is 2.54. The van der Waals surface area contributed by atoms with Gasteiger partial charge in [0.05, 0.1) is 12.0 Å². The predicted octanol–water partition coefficient (Wildman–Crippen LogP) is 9.04. The SMILES string of the molecule is O=C(O)C1CC=CCC(CCCCCCC2C=CCC2)C(c2ccc(O)cc2)Cc2ccc3c(c2)C12CC(O)CCC2CC3. The van der Waals surface area contributed by atoms with E-state index in [-0.39, 0.29) is 5.92 Å². The maximum absolute atomic E-state index is 13.0.